The monoisotopic (exact) mass is 303 g/mol. The van der Waals surface area contributed by atoms with E-state index in [0.717, 1.165) is 41.2 Å². The molecule has 3 aromatic heterocycles. The fourth-order valence-electron chi connectivity index (χ4n) is 2.02. The van der Waals surface area contributed by atoms with Crippen LogP contribution in [0, 0.1) is 0 Å². The summed E-state index contributed by atoms with van der Waals surface area (Å²) in [7, 11) is 0. The van der Waals surface area contributed by atoms with Crippen LogP contribution in [0.5, 0.6) is 0 Å². The van der Waals surface area contributed by atoms with E-state index in [-0.39, 0.29) is 0 Å². The summed E-state index contributed by atoms with van der Waals surface area (Å²) >= 11 is 1.51. The van der Waals surface area contributed by atoms with E-state index in [4.69, 9.17) is 4.42 Å². The van der Waals surface area contributed by atoms with Crippen LogP contribution in [0.25, 0.3) is 17.1 Å². The van der Waals surface area contributed by atoms with Crippen LogP contribution in [-0.4, -0.2) is 37.8 Å². The molecule has 0 fully saturated rings. The molecule has 0 N–H and O–H groups in total. The standard InChI is InChI=1S/C14H17N5OS/c1-3-18(4-2)10-12-15-16-14-19(12)17-13(21-14)8-7-11-6-5-9-20-11/h5-9H,3-4,10H2,1-2H3. The van der Waals surface area contributed by atoms with Crippen molar-refractivity contribution in [2.75, 3.05) is 13.1 Å². The Morgan fingerprint density at radius 3 is 2.86 bits per heavy atom. The van der Waals surface area contributed by atoms with Crippen molar-refractivity contribution in [3.8, 4) is 0 Å². The lowest BCUT2D eigenvalue weighted by Gasteiger charge is -2.15. The lowest BCUT2D eigenvalue weighted by Crippen LogP contribution is -2.23. The first-order valence-corrected chi connectivity index (χ1v) is 7.77. The van der Waals surface area contributed by atoms with Gasteiger partial charge >= 0.3 is 0 Å². The Morgan fingerprint density at radius 2 is 2.14 bits per heavy atom. The Morgan fingerprint density at radius 1 is 1.29 bits per heavy atom. The first kappa shape index (κ1) is 14.0. The van der Waals surface area contributed by atoms with Crippen LogP contribution in [-0.2, 0) is 6.54 Å². The molecule has 21 heavy (non-hydrogen) atoms. The van der Waals surface area contributed by atoms with Crippen LogP contribution in [0.2, 0.25) is 0 Å². The summed E-state index contributed by atoms with van der Waals surface area (Å²) < 4.78 is 7.09. The molecule has 0 radical (unpaired) electrons. The number of hydrogen-bond acceptors (Lipinski definition) is 6. The fourth-order valence-corrected chi connectivity index (χ4v) is 2.78. The minimum atomic E-state index is 0.763. The zero-order chi connectivity index (χ0) is 14.7. The molecule has 0 spiro atoms. The van der Waals surface area contributed by atoms with Gasteiger partial charge in [0.2, 0.25) is 4.96 Å². The zero-order valence-corrected chi connectivity index (χ0v) is 12.9. The molecule has 0 saturated heterocycles. The Kier molecular flexibility index (Phi) is 4.12. The minimum absolute atomic E-state index is 0.763. The number of aromatic nitrogens is 4. The van der Waals surface area contributed by atoms with Crippen LogP contribution in [0.4, 0.5) is 0 Å². The van der Waals surface area contributed by atoms with Gasteiger partial charge < -0.3 is 4.42 Å². The van der Waals surface area contributed by atoms with Crippen LogP contribution < -0.4 is 0 Å². The predicted molar refractivity (Wildman–Crippen MR) is 82.9 cm³/mol. The normalized spacial score (nSPS) is 12.1. The second-order valence-corrected chi connectivity index (χ2v) is 5.55. The van der Waals surface area contributed by atoms with Gasteiger partial charge in [-0.25, -0.2) is 0 Å². The number of hydrogen-bond donors (Lipinski definition) is 0. The van der Waals surface area contributed by atoms with E-state index in [0.29, 0.717) is 0 Å². The van der Waals surface area contributed by atoms with Crippen molar-refractivity contribution < 1.29 is 4.42 Å². The molecule has 0 aliphatic carbocycles. The summed E-state index contributed by atoms with van der Waals surface area (Å²) in [5.41, 5.74) is 0. The van der Waals surface area contributed by atoms with Gasteiger partial charge in [-0.15, -0.1) is 10.2 Å². The highest BCUT2D eigenvalue weighted by Gasteiger charge is 2.12. The highest BCUT2D eigenvalue weighted by molar-refractivity contribution is 7.17. The van der Waals surface area contributed by atoms with E-state index < -0.39 is 0 Å². The molecule has 0 amide bonds. The number of rotatable bonds is 6. The van der Waals surface area contributed by atoms with Crippen molar-refractivity contribution in [1.29, 1.82) is 0 Å². The van der Waals surface area contributed by atoms with E-state index in [1.165, 1.54) is 11.3 Å². The van der Waals surface area contributed by atoms with Crippen LogP contribution in [0.15, 0.2) is 22.8 Å². The second kappa shape index (κ2) is 6.19. The van der Waals surface area contributed by atoms with Crippen molar-refractivity contribution in [2.24, 2.45) is 0 Å². The van der Waals surface area contributed by atoms with Crippen molar-refractivity contribution in [1.82, 2.24) is 24.7 Å². The van der Waals surface area contributed by atoms with Gasteiger partial charge in [-0.3, -0.25) is 4.90 Å². The van der Waals surface area contributed by atoms with Gasteiger partial charge in [0.15, 0.2) is 5.82 Å². The van der Waals surface area contributed by atoms with Gasteiger partial charge in [-0.1, -0.05) is 25.2 Å². The lowest BCUT2D eigenvalue weighted by molar-refractivity contribution is 0.286. The molecule has 3 heterocycles. The molecule has 6 nitrogen and oxygen atoms in total. The Bertz CT molecular complexity index is 724. The van der Waals surface area contributed by atoms with E-state index in [2.05, 4.69) is 34.0 Å². The minimum Gasteiger partial charge on any atom is -0.465 e. The maximum atomic E-state index is 5.26. The van der Waals surface area contributed by atoms with Gasteiger partial charge in [-0.05, 0) is 37.4 Å². The first-order valence-electron chi connectivity index (χ1n) is 6.95. The highest BCUT2D eigenvalue weighted by atomic mass is 32.1. The predicted octanol–water partition coefficient (Wildman–Crippen LogP) is 2.79. The third kappa shape index (κ3) is 3.03. The quantitative estimate of drug-likeness (QED) is 0.701. The molecule has 0 aliphatic heterocycles. The summed E-state index contributed by atoms with van der Waals surface area (Å²) in [6, 6.07) is 3.77. The Hall–Kier alpha value is -1.99. The van der Waals surface area contributed by atoms with Gasteiger partial charge in [0, 0.05) is 0 Å². The average Bonchev–Trinajstić information content (AvgIpc) is 3.20. The SMILES string of the molecule is CCN(CC)Cc1nnc2sc(C=Cc3ccco3)nn12. The van der Waals surface area contributed by atoms with E-state index in [1.54, 1.807) is 6.26 Å². The Labute approximate surface area is 126 Å². The summed E-state index contributed by atoms with van der Waals surface area (Å²) in [5, 5.41) is 13.8. The second-order valence-electron chi connectivity index (χ2n) is 4.56. The van der Waals surface area contributed by atoms with Gasteiger partial charge in [0.1, 0.15) is 10.8 Å². The molecular formula is C14H17N5OS. The maximum Gasteiger partial charge on any atom is 0.235 e. The molecule has 0 saturated carbocycles. The third-order valence-corrected chi connectivity index (χ3v) is 4.13. The smallest absolute Gasteiger partial charge is 0.235 e. The molecule has 3 aromatic rings. The summed E-state index contributed by atoms with van der Waals surface area (Å²) in [4.78, 5) is 3.10. The van der Waals surface area contributed by atoms with E-state index in [1.807, 2.05) is 28.8 Å². The summed E-state index contributed by atoms with van der Waals surface area (Å²) in [5.74, 6) is 1.69. The van der Waals surface area contributed by atoms with Gasteiger partial charge in [0.25, 0.3) is 0 Å². The topological polar surface area (TPSA) is 59.5 Å². The van der Waals surface area contributed by atoms with Crippen molar-refractivity contribution in [3.63, 3.8) is 0 Å². The van der Waals surface area contributed by atoms with Gasteiger partial charge in [0.05, 0.1) is 12.8 Å². The highest BCUT2D eigenvalue weighted by Crippen LogP contribution is 2.17. The zero-order valence-electron chi connectivity index (χ0n) is 12.1. The van der Waals surface area contributed by atoms with Crippen molar-refractivity contribution in [3.05, 3.63) is 35.0 Å². The molecule has 0 atom stereocenters. The molecule has 7 heteroatoms. The molecule has 110 valence electrons. The molecule has 0 aromatic carbocycles. The molecule has 3 rings (SSSR count). The van der Waals surface area contributed by atoms with E-state index in [9.17, 15) is 0 Å². The van der Waals surface area contributed by atoms with Crippen LogP contribution >= 0.6 is 11.3 Å². The van der Waals surface area contributed by atoms with Crippen molar-refractivity contribution >= 4 is 28.4 Å². The molecule has 0 aliphatic rings. The lowest BCUT2D eigenvalue weighted by atomic mass is 10.4. The fraction of sp³-hybridized carbons (Fsp3) is 0.357. The van der Waals surface area contributed by atoms with Gasteiger partial charge in [-0.2, -0.15) is 9.61 Å². The number of nitrogens with zero attached hydrogens (tertiary/aromatic N) is 5. The average molecular weight is 303 g/mol. The summed E-state index contributed by atoms with van der Waals surface area (Å²) in [6.07, 6.45) is 5.48. The molecular weight excluding hydrogens is 286 g/mol. The van der Waals surface area contributed by atoms with E-state index >= 15 is 0 Å². The first-order chi connectivity index (χ1) is 10.3. The van der Waals surface area contributed by atoms with Crippen molar-refractivity contribution in [2.45, 2.75) is 20.4 Å². The Balaban J connectivity index is 1.82. The summed E-state index contributed by atoms with van der Waals surface area (Å²) in [6.45, 7) is 7.02. The molecule has 0 bridgehead atoms. The van der Waals surface area contributed by atoms with Crippen LogP contribution in [0.1, 0.15) is 30.4 Å². The third-order valence-electron chi connectivity index (χ3n) is 3.26. The van der Waals surface area contributed by atoms with Crippen LogP contribution in [0.3, 0.4) is 0 Å². The maximum absolute atomic E-state index is 5.26. The largest absolute Gasteiger partial charge is 0.465 e. The molecule has 0 unspecified atom stereocenters. The number of furan rings is 1. The number of fused-ring (bicyclic) bond motifs is 1.